The summed E-state index contributed by atoms with van der Waals surface area (Å²) in [6.07, 6.45) is 1.36. The number of anilines is 1. The van der Waals surface area contributed by atoms with Gasteiger partial charge in [-0.25, -0.2) is 10.2 Å². The number of hydrogen-bond acceptors (Lipinski definition) is 8. The number of rotatable bonds is 10. The lowest BCUT2D eigenvalue weighted by Crippen LogP contribution is -2.18. The molecule has 0 aliphatic rings. The highest BCUT2D eigenvalue weighted by Gasteiger charge is 2.19. The van der Waals surface area contributed by atoms with E-state index in [0.717, 1.165) is 4.47 Å². The van der Waals surface area contributed by atoms with Gasteiger partial charge in [-0.1, -0.05) is 34.1 Å². The Hall–Kier alpha value is -5.16. The summed E-state index contributed by atoms with van der Waals surface area (Å²) in [6, 6.07) is 23.0. The van der Waals surface area contributed by atoms with Gasteiger partial charge in [-0.2, -0.15) is 5.10 Å². The standard InChI is InChI=1S/C31H26BrN3O7/c1-39-26-16-22(17-27(40-2)28(26)41-3)31(38)42-25-10-5-4-7-21(25)18-33-35-30(37)20-8-6-9-24(15-20)34-29(36)19-11-13-23(32)14-12-19/h4-18H,1-3H3,(H,34,36)(H,35,37). The lowest BCUT2D eigenvalue weighted by atomic mass is 10.1. The van der Waals surface area contributed by atoms with E-state index < -0.39 is 11.9 Å². The molecule has 0 spiro atoms. The molecule has 0 atom stereocenters. The minimum atomic E-state index is -0.666. The Labute approximate surface area is 250 Å². The molecular formula is C31H26BrN3O7. The van der Waals surface area contributed by atoms with Gasteiger partial charge in [0.2, 0.25) is 5.75 Å². The summed E-state index contributed by atoms with van der Waals surface area (Å²) in [4.78, 5) is 38.2. The molecule has 4 aromatic rings. The van der Waals surface area contributed by atoms with Crippen LogP contribution in [0.15, 0.2) is 94.5 Å². The SMILES string of the molecule is COc1cc(C(=O)Oc2ccccc2C=NNC(=O)c2cccc(NC(=O)c3ccc(Br)cc3)c2)cc(OC)c1OC. The van der Waals surface area contributed by atoms with Gasteiger partial charge in [0.25, 0.3) is 11.8 Å². The van der Waals surface area contributed by atoms with Crippen LogP contribution in [0.5, 0.6) is 23.0 Å². The predicted octanol–water partition coefficient (Wildman–Crippen LogP) is 5.71. The smallest absolute Gasteiger partial charge is 0.343 e. The second-order valence-corrected chi connectivity index (χ2v) is 9.50. The first-order valence-electron chi connectivity index (χ1n) is 12.4. The lowest BCUT2D eigenvalue weighted by Gasteiger charge is -2.14. The minimum Gasteiger partial charge on any atom is -0.493 e. The minimum absolute atomic E-state index is 0.177. The number of hydrogen-bond donors (Lipinski definition) is 2. The van der Waals surface area contributed by atoms with Gasteiger partial charge in [0, 0.05) is 26.9 Å². The molecule has 0 saturated heterocycles. The first-order chi connectivity index (χ1) is 20.3. The second kappa shape index (κ2) is 14.0. The third kappa shape index (κ3) is 7.32. The number of nitrogens with one attached hydrogen (secondary N) is 2. The Morgan fingerprint density at radius 3 is 2.07 bits per heavy atom. The summed E-state index contributed by atoms with van der Waals surface area (Å²) >= 11 is 3.34. The summed E-state index contributed by atoms with van der Waals surface area (Å²) in [6.45, 7) is 0. The van der Waals surface area contributed by atoms with Crippen molar-refractivity contribution in [3.8, 4) is 23.0 Å². The zero-order valence-corrected chi connectivity index (χ0v) is 24.4. The van der Waals surface area contributed by atoms with Gasteiger partial charge < -0.3 is 24.3 Å². The van der Waals surface area contributed by atoms with Crippen LogP contribution in [-0.4, -0.2) is 45.3 Å². The molecule has 0 heterocycles. The lowest BCUT2D eigenvalue weighted by molar-refractivity contribution is 0.0733. The van der Waals surface area contributed by atoms with Crippen molar-refractivity contribution in [2.24, 2.45) is 5.10 Å². The van der Waals surface area contributed by atoms with Crippen molar-refractivity contribution in [3.63, 3.8) is 0 Å². The second-order valence-electron chi connectivity index (χ2n) is 8.58. The number of nitrogens with zero attached hydrogens (tertiary/aromatic N) is 1. The van der Waals surface area contributed by atoms with Crippen molar-refractivity contribution < 1.29 is 33.3 Å². The van der Waals surface area contributed by atoms with E-state index >= 15 is 0 Å². The zero-order valence-electron chi connectivity index (χ0n) is 22.8. The number of methoxy groups -OCH3 is 3. The number of carbonyl (C=O) groups is 3. The average Bonchev–Trinajstić information content (AvgIpc) is 3.01. The summed E-state index contributed by atoms with van der Waals surface area (Å²) < 4.78 is 22.4. The summed E-state index contributed by atoms with van der Waals surface area (Å²) in [5, 5.41) is 6.79. The van der Waals surface area contributed by atoms with E-state index in [9.17, 15) is 14.4 Å². The molecule has 0 aromatic heterocycles. The van der Waals surface area contributed by atoms with Gasteiger partial charge in [-0.3, -0.25) is 9.59 Å². The molecule has 10 nitrogen and oxygen atoms in total. The molecule has 2 N–H and O–H groups in total. The molecule has 4 aromatic carbocycles. The largest absolute Gasteiger partial charge is 0.493 e. The monoisotopic (exact) mass is 631 g/mol. The third-order valence-electron chi connectivity index (χ3n) is 5.88. The van der Waals surface area contributed by atoms with Crippen LogP contribution in [0.1, 0.15) is 36.6 Å². The van der Waals surface area contributed by atoms with Crippen molar-refractivity contribution in [1.82, 2.24) is 5.43 Å². The molecule has 0 unspecified atom stereocenters. The molecule has 0 aliphatic carbocycles. The topological polar surface area (TPSA) is 125 Å². The van der Waals surface area contributed by atoms with Gasteiger partial charge in [0.1, 0.15) is 5.75 Å². The quantitative estimate of drug-likeness (QED) is 0.0994. The van der Waals surface area contributed by atoms with Crippen LogP contribution in [0.4, 0.5) is 5.69 Å². The Morgan fingerprint density at radius 2 is 1.40 bits per heavy atom. The number of esters is 1. The fraction of sp³-hybridized carbons (Fsp3) is 0.0968. The van der Waals surface area contributed by atoms with Crippen LogP contribution in [0.3, 0.4) is 0 Å². The molecule has 0 radical (unpaired) electrons. The summed E-state index contributed by atoms with van der Waals surface area (Å²) in [5.41, 5.74) is 4.27. The van der Waals surface area contributed by atoms with Crippen molar-refractivity contribution in [3.05, 3.63) is 112 Å². The number of amides is 2. The van der Waals surface area contributed by atoms with E-state index in [1.807, 2.05) is 0 Å². The normalized spacial score (nSPS) is 10.6. The molecule has 2 amide bonds. The van der Waals surface area contributed by atoms with Crippen LogP contribution >= 0.6 is 15.9 Å². The van der Waals surface area contributed by atoms with Crippen LogP contribution in [-0.2, 0) is 0 Å². The maximum absolute atomic E-state index is 13.0. The first kappa shape index (κ1) is 29.8. The van der Waals surface area contributed by atoms with Crippen molar-refractivity contribution in [2.45, 2.75) is 0 Å². The number of carbonyl (C=O) groups excluding carboxylic acids is 3. The van der Waals surface area contributed by atoms with E-state index in [0.29, 0.717) is 34.1 Å². The van der Waals surface area contributed by atoms with Crippen LogP contribution in [0.25, 0.3) is 0 Å². The highest BCUT2D eigenvalue weighted by Crippen LogP contribution is 2.38. The molecule has 0 saturated carbocycles. The number of hydrazone groups is 1. The number of ether oxygens (including phenoxy) is 4. The fourth-order valence-electron chi connectivity index (χ4n) is 3.81. The number of halogens is 1. The molecule has 4 rings (SSSR count). The van der Waals surface area contributed by atoms with Gasteiger partial charge in [0.05, 0.1) is 33.1 Å². The van der Waals surface area contributed by atoms with Gasteiger partial charge in [-0.05, 0) is 66.7 Å². The molecule has 42 heavy (non-hydrogen) atoms. The molecule has 0 bridgehead atoms. The first-order valence-corrected chi connectivity index (χ1v) is 13.2. The van der Waals surface area contributed by atoms with Gasteiger partial charge in [-0.15, -0.1) is 0 Å². The van der Waals surface area contributed by atoms with E-state index in [1.54, 1.807) is 66.7 Å². The molecule has 11 heteroatoms. The average molecular weight is 632 g/mol. The summed E-state index contributed by atoms with van der Waals surface area (Å²) in [7, 11) is 4.36. The summed E-state index contributed by atoms with van der Waals surface area (Å²) in [5.74, 6) is -0.310. The zero-order chi connectivity index (χ0) is 30.1. The Morgan fingerprint density at radius 1 is 0.714 bits per heavy atom. The maximum Gasteiger partial charge on any atom is 0.343 e. The number of para-hydroxylation sites is 1. The Kier molecular flexibility index (Phi) is 9.90. The van der Waals surface area contributed by atoms with Gasteiger partial charge in [0.15, 0.2) is 11.5 Å². The molecule has 0 aliphatic heterocycles. The third-order valence-corrected chi connectivity index (χ3v) is 6.41. The van der Waals surface area contributed by atoms with Crippen LogP contribution in [0, 0.1) is 0 Å². The van der Waals surface area contributed by atoms with E-state index in [4.69, 9.17) is 18.9 Å². The Balaban J connectivity index is 1.43. The molecule has 214 valence electrons. The Bertz CT molecular complexity index is 1610. The van der Waals surface area contributed by atoms with Crippen LogP contribution in [0.2, 0.25) is 0 Å². The van der Waals surface area contributed by atoms with Crippen molar-refractivity contribution >= 4 is 45.6 Å². The number of benzene rings is 4. The van der Waals surface area contributed by atoms with E-state index in [-0.39, 0.29) is 22.8 Å². The highest BCUT2D eigenvalue weighted by atomic mass is 79.9. The van der Waals surface area contributed by atoms with E-state index in [2.05, 4.69) is 31.8 Å². The highest BCUT2D eigenvalue weighted by molar-refractivity contribution is 9.10. The fourth-order valence-corrected chi connectivity index (χ4v) is 4.07. The molecule has 0 fully saturated rings. The van der Waals surface area contributed by atoms with Crippen LogP contribution < -0.4 is 29.7 Å². The van der Waals surface area contributed by atoms with Crippen molar-refractivity contribution in [1.29, 1.82) is 0 Å². The van der Waals surface area contributed by atoms with E-state index in [1.165, 1.54) is 45.7 Å². The maximum atomic E-state index is 13.0. The van der Waals surface area contributed by atoms with Crippen molar-refractivity contribution in [2.75, 3.05) is 26.6 Å². The molecular weight excluding hydrogens is 606 g/mol. The van der Waals surface area contributed by atoms with Gasteiger partial charge >= 0.3 is 5.97 Å². The predicted molar refractivity (Wildman–Crippen MR) is 161 cm³/mol.